The number of halogens is 5. The first-order chi connectivity index (χ1) is 14.2. The molecule has 0 aromatic rings. The van der Waals surface area contributed by atoms with Crippen molar-refractivity contribution < 1.29 is 46.5 Å². The molecule has 3 amide bonds. The van der Waals surface area contributed by atoms with E-state index in [0.717, 1.165) is 0 Å². The van der Waals surface area contributed by atoms with Crippen molar-refractivity contribution in [3.8, 4) is 0 Å². The minimum absolute atomic E-state index is 0.167. The number of hydrogen-bond donors (Lipinski definition) is 4. The Labute approximate surface area is 175 Å². The lowest BCUT2D eigenvalue weighted by Crippen LogP contribution is -2.59. The molecule has 2 fully saturated rings. The Balaban J connectivity index is 2.15. The number of nitrogens with one attached hydrogen (secondary N) is 2. The number of aliphatic hydroxyl groups is 1. The second-order valence-electron chi connectivity index (χ2n) is 8.21. The lowest BCUT2D eigenvalue weighted by molar-refractivity contribution is -0.189. The molecule has 4 N–H and O–H groups in total. The summed E-state index contributed by atoms with van der Waals surface area (Å²) in [5.41, 5.74) is 0. The predicted octanol–water partition coefficient (Wildman–Crippen LogP) is 1.87. The standard InChI is InChI=1S/C18H26F5N3O5/c1-17(19,20)6-4-11(13(27)15(29)24-10-2-3-10)25-14(28)12-8-9(18(21,22)23)5-7-26(12)16(30)31/h9-13,27H,2-8H2,1H3,(H,24,29)(H,25,28)(H,30,31)/t9-,11+,12+,13+/m1/s1. The van der Waals surface area contributed by atoms with Gasteiger partial charge in [-0.25, -0.2) is 13.6 Å². The number of amides is 3. The normalized spacial score (nSPS) is 24.3. The van der Waals surface area contributed by atoms with Crippen LogP contribution in [-0.4, -0.2) is 75.9 Å². The summed E-state index contributed by atoms with van der Waals surface area (Å²) in [4.78, 5) is 36.7. The third kappa shape index (κ3) is 7.47. The van der Waals surface area contributed by atoms with E-state index in [1.165, 1.54) is 0 Å². The van der Waals surface area contributed by atoms with Gasteiger partial charge in [-0.1, -0.05) is 0 Å². The first-order valence-electron chi connectivity index (χ1n) is 9.92. The molecular weight excluding hydrogens is 433 g/mol. The molecule has 13 heteroatoms. The van der Waals surface area contributed by atoms with Gasteiger partial charge in [0.1, 0.15) is 6.04 Å². The fourth-order valence-corrected chi connectivity index (χ4v) is 3.43. The van der Waals surface area contributed by atoms with Gasteiger partial charge in [-0.2, -0.15) is 13.2 Å². The van der Waals surface area contributed by atoms with Crippen molar-refractivity contribution in [3.63, 3.8) is 0 Å². The fourth-order valence-electron chi connectivity index (χ4n) is 3.43. The van der Waals surface area contributed by atoms with Crippen LogP contribution in [0.5, 0.6) is 0 Å². The summed E-state index contributed by atoms with van der Waals surface area (Å²) in [5, 5.41) is 24.1. The van der Waals surface area contributed by atoms with Crippen molar-refractivity contribution in [1.29, 1.82) is 0 Å². The quantitative estimate of drug-likeness (QED) is 0.413. The van der Waals surface area contributed by atoms with Crippen LogP contribution in [0, 0.1) is 5.92 Å². The fraction of sp³-hybridized carbons (Fsp3) is 0.833. The van der Waals surface area contributed by atoms with Crippen LogP contribution in [0.4, 0.5) is 26.7 Å². The summed E-state index contributed by atoms with van der Waals surface area (Å²) in [6.07, 6.45) is -9.54. The summed E-state index contributed by atoms with van der Waals surface area (Å²) < 4.78 is 65.9. The number of nitrogens with zero attached hydrogens (tertiary/aromatic N) is 1. The molecule has 1 aliphatic carbocycles. The van der Waals surface area contributed by atoms with Gasteiger partial charge < -0.3 is 20.8 Å². The smallest absolute Gasteiger partial charge is 0.407 e. The van der Waals surface area contributed by atoms with Crippen LogP contribution < -0.4 is 10.6 Å². The largest absolute Gasteiger partial charge is 0.465 e. The Morgan fingerprint density at radius 1 is 1.13 bits per heavy atom. The van der Waals surface area contributed by atoms with Gasteiger partial charge >= 0.3 is 12.3 Å². The van der Waals surface area contributed by atoms with E-state index < -0.39 is 86.3 Å². The van der Waals surface area contributed by atoms with E-state index in [0.29, 0.717) is 24.7 Å². The second-order valence-corrected chi connectivity index (χ2v) is 8.21. The van der Waals surface area contributed by atoms with Crippen LogP contribution in [0.3, 0.4) is 0 Å². The summed E-state index contributed by atoms with van der Waals surface area (Å²) in [7, 11) is 0. The second kappa shape index (κ2) is 9.53. The molecule has 0 aromatic carbocycles. The summed E-state index contributed by atoms with van der Waals surface area (Å²) in [5.74, 6) is -7.19. The molecule has 1 saturated heterocycles. The third-order valence-corrected chi connectivity index (χ3v) is 5.41. The maximum atomic E-state index is 13.3. The van der Waals surface area contributed by atoms with Gasteiger partial charge in [0.2, 0.25) is 11.8 Å². The molecule has 1 saturated carbocycles. The number of piperidine rings is 1. The number of likely N-dealkylation sites (tertiary alicyclic amines) is 1. The van der Waals surface area contributed by atoms with Crippen LogP contribution in [0.25, 0.3) is 0 Å². The molecule has 0 radical (unpaired) electrons. The van der Waals surface area contributed by atoms with Crippen molar-refractivity contribution in [2.75, 3.05) is 6.54 Å². The monoisotopic (exact) mass is 459 g/mol. The molecule has 0 spiro atoms. The van der Waals surface area contributed by atoms with Crippen molar-refractivity contribution in [2.24, 2.45) is 5.92 Å². The third-order valence-electron chi connectivity index (χ3n) is 5.41. The van der Waals surface area contributed by atoms with Crippen molar-refractivity contribution in [3.05, 3.63) is 0 Å². The van der Waals surface area contributed by atoms with E-state index in [1.807, 2.05) is 0 Å². The number of carbonyl (C=O) groups is 3. The van der Waals surface area contributed by atoms with Crippen LogP contribution in [-0.2, 0) is 9.59 Å². The lowest BCUT2D eigenvalue weighted by Gasteiger charge is -2.38. The Morgan fingerprint density at radius 2 is 1.74 bits per heavy atom. The SMILES string of the molecule is CC(F)(F)CC[C@H](NC(=O)[C@@H]1C[C@H](C(F)(F)F)CCN1C(=O)O)[C@H](O)C(=O)NC1CC1. The summed E-state index contributed by atoms with van der Waals surface area (Å²) in [6, 6.07) is -3.43. The predicted molar refractivity (Wildman–Crippen MR) is 96.3 cm³/mol. The average molecular weight is 459 g/mol. The first-order valence-corrected chi connectivity index (χ1v) is 9.92. The van der Waals surface area contributed by atoms with Gasteiger partial charge in [-0.05, 0) is 39.0 Å². The van der Waals surface area contributed by atoms with E-state index in [1.54, 1.807) is 0 Å². The zero-order valence-corrected chi connectivity index (χ0v) is 16.8. The molecule has 31 heavy (non-hydrogen) atoms. The van der Waals surface area contributed by atoms with Gasteiger partial charge in [0.15, 0.2) is 6.10 Å². The summed E-state index contributed by atoms with van der Waals surface area (Å²) >= 11 is 0. The Kier molecular flexibility index (Phi) is 7.71. The van der Waals surface area contributed by atoms with Crippen molar-refractivity contribution in [2.45, 2.75) is 81.8 Å². The Hall–Kier alpha value is -2.18. The molecule has 2 rings (SSSR count). The highest BCUT2D eigenvalue weighted by molar-refractivity contribution is 5.87. The molecular formula is C18H26F5N3O5. The van der Waals surface area contributed by atoms with Gasteiger partial charge in [0, 0.05) is 19.0 Å². The van der Waals surface area contributed by atoms with E-state index in [4.69, 9.17) is 0 Å². The molecule has 0 aromatic heterocycles. The van der Waals surface area contributed by atoms with Crippen molar-refractivity contribution in [1.82, 2.24) is 15.5 Å². The zero-order chi connectivity index (χ0) is 23.6. The first kappa shape index (κ1) is 25.1. The van der Waals surface area contributed by atoms with Gasteiger partial charge in [0.05, 0.1) is 12.0 Å². The van der Waals surface area contributed by atoms with E-state index in [9.17, 15) is 46.5 Å². The lowest BCUT2D eigenvalue weighted by atomic mass is 9.89. The van der Waals surface area contributed by atoms with Gasteiger partial charge in [0.25, 0.3) is 5.91 Å². The maximum Gasteiger partial charge on any atom is 0.407 e. The number of hydrogen-bond acceptors (Lipinski definition) is 4. The number of carboxylic acid groups (broad SMARTS) is 1. The topological polar surface area (TPSA) is 119 Å². The van der Waals surface area contributed by atoms with Crippen molar-refractivity contribution >= 4 is 17.9 Å². The number of carbonyl (C=O) groups excluding carboxylic acids is 2. The highest BCUT2D eigenvalue weighted by atomic mass is 19.4. The van der Waals surface area contributed by atoms with Gasteiger partial charge in [-0.3, -0.25) is 14.5 Å². The number of aliphatic hydroxyl groups excluding tert-OH is 1. The maximum absolute atomic E-state index is 13.3. The highest BCUT2D eigenvalue weighted by Crippen LogP contribution is 2.36. The molecule has 8 nitrogen and oxygen atoms in total. The van der Waals surface area contributed by atoms with Crippen LogP contribution >= 0.6 is 0 Å². The van der Waals surface area contributed by atoms with E-state index in [2.05, 4.69) is 10.6 Å². The number of rotatable bonds is 8. The Morgan fingerprint density at radius 3 is 2.23 bits per heavy atom. The zero-order valence-electron chi connectivity index (χ0n) is 16.8. The molecule has 1 aliphatic heterocycles. The molecule has 0 bridgehead atoms. The van der Waals surface area contributed by atoms with Crippen LogP contribution in [0.1, 0.15) is 45.4 Å². The molecule has 178 valence electrons. The average Bonchev–Trinajstić information content (AvgIpc) is 3.46. The van der Waals surface area contributed by atoms with Crippen LogP contribution in [0.15, 0.2) is 0 Å². The molecule has 0 unspecified atom stereocenters. The molecule has 1 heterocycles. The van der Waals surface area contributed by atoms with Crippen LogP contribution in [0.2, 0.25) is 0 Å². The molecule has 4 atom stereocenters. The summed E-state index contributed by atoms with van der Waals surface area (Å²) in [6.45, 7) is 0.0593. The number of alkyl halides is 5. The van der Waals surface area contributed by atoms with Gasteiger partial charge in [-0.15, -0.1) is 0 Å². The minimum atomic E-state index is -4.64. The highest BCUT2D eigenvalue weighted by Gasteiger charge is 2.48. The minimum Gasteiger partial charge on any atom is -0.465 e. The van der Waals surface area contributed by atoms with E-state index >= 15 is 0 Å². The molecule has 2 aliphatic rings. The van der Waals surface area contributed by atoms with E-state index in [-0.39, 0.29) is 6.04 Å². The Bertz CT molecular complexity index is 680.